The molecule has 0 saturated carbocycles. The Morgan fingerprint density at radius 2 is 1.67 bits per heavy atom. The lowest BCUT2D eigenvalue weighted by Crippen LogP contribution is -2.42. The number of hydrogen-bond donors (Lipinski definition) is 5. The van der Waals surface area contributed by atoms with Crippen molar-refractivity contribution in [3.8, 4) is 23.0 Å². The van der Waals surface area contributed by atoms with Crippen LogP contribution in [0.5, 0.6) is 23.0 Å². The molecule has 1 atom stereocenters. The van der Waals surface area contributed by atoms with E-state index in [1.807, 2.05) is 6.92 Å². The second-order valence-electron chi connectivity index (χ2n) is 6.68. The summed E-state index contributed by atoms with van der Waals surface area (Å²) in [5.74, 6) is -1.96. The van der Waals surface area contributed by atoms with Gasteiger partial charge in [-0.1, -0.05) is 25.1 Å². The van der Waals surface area contributed by atoms with Gasteiger partial charge in [-0.3, -0.25) is 14.9 Å². The third-order valence-corrected chi connectivity index (χ3v) is 4.20. The van der Waals surface area contributed by atoms with Crippen molar-refractivity contribution >= 4 is 17.8 Å². The van der Waals surface area contributed by atoms with Crippen molar-refractivity contribution in [1.82, 2.24) is 5.32 Å². The number of phenols is 4. The predicted octanol–water partition coefficient (Wildman–Crippen LogP) is 2.25. The molecule has 0 spiro atoms. The van der Waals surface area contributed by atoms with Crippen LogP contribution in [0.15, 0.2) is 42.5 Å². The summed E-state index contributed by atoms with van der Waals surface area (Å²) in [6.45, 7) is 1.97. The second kappa shape index (κ2) is 10.9. The summed E-state index contributed by atoms with van der Waals surface area (Å²) in [6.07, 6.45) is 3.57. The van der Waals surface area contributed by atoms with Crippen LogP contribution in [0, 0.1) is 0 Å². The van der Waals surface area contributed by atoms with Crippen LogP contribution in [0.1, 0.15) is 24.5 Å². The Morgan fingerprint density at radius 3 is 2.30 bits per heavy atom. The second-order valence-corrected chi connectivity index (χ2v) is 6.68. The molecule has 5 N–H and O–H groups in total. The Morgan fingerprint density at radius 1 is 1.00 bits per heavy atom. The number of carbonyl (C=O) groups excluding carboxylic acids is 2. The number of carbonyl (C=O) groups is 2. The molecule has 2 aromatic carbocycles. The van der Waals surface area contributed by atoms with Gasteiger partial charge in [0.1, 0.15) is 6.04 Å². The van der Waals surface area contributed by atoms with E-state index in [0.29, 0.717) is 17.5 Å². The van der Waals surface area contributed by atoms with E-state index < -0.39 is 12.0 Å². The molecule has 0 fully saturated rings. The van der Waals surface area contributed by atoms with Crippen LogP contribution in [-0.2, 0) is 20.7 Å². The van der Waals surface area contributed by atoms with Gasteiger partial charge in [0, 0.05) is 0 Å². The first-order chi connectivity index (χ1) is 14.3. The minimum Gasteiger partial charge on any atom is -0.504 e. The average Bonchev–Trinajstić information content (AvgIpc) is 2.72. The van der Waals surface area contributed by atoms with E-state index in [2.05, 4.69) is 5.32 Å². The van der Waals surface area contributed by atoms with Crippen LogP contribution in [0.25, 0.3) is 6.08 Å². The molecule has 2 aromatic rings. The van der Waals surface area contributed by atoms with Crippen LogP contribution >= 0.6 is 0 Å². The molecule has 0 aliphatic carbocycles. The largest absolute Gasteiger partial charge is 0.504 e. The SMILES string of the molecule is CCCOC(=O)[C@@H](Cc1ccc(O)c(O)c1)NCC(=O)/C=C/c1ccc(O)c(O)c1. The van der Waals surface area contributed by atoms with E-state index in [1.165, 1.54) is 42.5 Å². The lowest BCUT2D eigenvalue weighted by molar-refractivity contribution is -0.146. The monoisotopic (exact) mass is 415 g/mol. The molecule has 0 amide bonds. The standard InChI is InChI=1S/C22H25NO7/c1-2-9-30-22(29)17(10-15-5-8-19(26)21(28)12-15)23-13-16(24)6-3-14-4-7-18(25)20(27)11-14/h3-8,11-12,17,23,25-28H,2,9-10,13H2,1H3/b6-3+/t17-/m1/s1. The maximum atomic E-state index is 12.3. The summed E-state index contributed by atoms with van der Waals surface area (Å²) >= 11 is 0. The number of rotatable bonds is 10. The van der Waals surface area contributed by atoms with Crippen molar-refractivity contribution in [3.05, 3.63) is 53.6 Å². The molecule has 0 bridgehead atoms. The molecular formula is C22H25NO7. The van der Waals surface area contributed by atoms with Crippen molar-refractivity contribution in [1.29, 1.82) is 0 Å². The van der Waals surface area contributed by atoms with Gasteiger partial charge in [0.25, 0.3) is 0 Å². The number of hydrogen-bond acceptors (Lipinski definition) is 8. The fourth-order valence-electron chi connectivity index (χ4n) is 2.59. The highest BCUT2D eigenvalue weighted by molar-refractivity contribution is 5.95. The Hall–Kier alpha value is -3.52. The average molecular weight is 415 g/mol. The summed E-state index contributed by atoms with van der Waals surface area (Å²) < 4.78 is 5.17. The molecule has 0 saturated heterocycles. The van der Waals surface area contributed by atoms with Gasteiger partial charge in [0.2, 0.25) is 0 Å². The van der Waals surface area contributed by atoms with Crippen molar-refractivity contribution in [2.75, 3.05) is 13.2 Å². The number of esters is 1. The van der Waals surface area contributed by atoms with Gasteiger partial charge >= 0.3 is 5.97 Å². The third kappa shape index (κ3) is 6.82. The van der Waals surface area contributed by atoms with Gasteiger partial charge in [-0.05, 0) is 54.3 Å². The molecule has 0 aliphatic rings. The van der Waals surface area contributed by atoms with E-state index in [-0.39, 0.29) is 48.4 Å². The normalized spacial score (nSPS) is 12.0. The summed E-state index contributed by atoms with van der Waals surface area (Å²) in [6, 6.07) is 7.57. The Bertz CT molecular complexity index is 924. The van der Waals surface area contributed by atoms with Gasteiger partial charge in [-0.15, -0.1) is 0 Å². The molecule has 30 heavy (non-hydrogen) atoms. The number of benzene rings is 2. The number of ether oxygens (including phenoxy) is 1. The van der Waals surface area contributed by atoms with Crippen molar-refractivity contribution < 1.29 is 34.8 Å². The first kappa shape index (κ1) is 22.8. The number of nitrogens with one attached hydrogen (secondary N) is 1. The molecule has 2 rings (SSSR count). The third-order valence-electron chi connectivity index (χ3n) is 4.20. The van der Waals surface area contributed by atoms with Gasteiger partial charge < -0.3 is 25.2 Å². The van der Waals surface area contributed by atoms with Gasteiger partial charge in [0.05, 0.1) is 13.2 Å². The summed E-state index contributed by atoms with van der Waals surface area (Å²) in [7, 11) is 0. The highest BCUT2D eigenvalue weighted by Gasteiger charge is 2.21. The van der Waals surface area contributed by atoms with E-state index in [0.717, 1.165) is 0 Å². The molecule has 160 valence electrons. The summed E-state index contributed by atoms with van der Waals surface area (Å²) in [4.78, 5) is 24.5. The van der Waals surface area contributed by atoms with Crippen molar-refractivity contribution in [2.45, 2.75) is 25.8 Å². The smallest absolute Gasteiger partial charge is 0.323 e. The van der Waals surface area contributed by atoms with E-state index in [1.54, 1.807) is 6.07 Å². The zero-order valence-electron chi connectivity index (χ0n) is 16.5. The minimum atomic E-state index is -0.824. The maximum absolute atomic E-state index is 12.3. The first-order valence-corrected chi connectivity index (χ1v) is 9.44. The Kier molecular flexibility index (Phi) is 8.25. The molecule has 8 heteroatoms. The molecular weight excluding hydrogens is 390 g/mol. The highest BCUT2D eigenvalue weighted by atomic mass is 16.5. The quantitative estimate of drug-likeness (QED) is 0.226. The maximum Gasteiger partial charge on any atom is 0.323 e. The zero-order valence-corrected chi connectivity index (χ0v) is 16.5. The molecule has 8 nitrogen and oxygen atoms in total. The van der Waals surface area contributed by atoms with E-state index in [9.17, 15) is 30.0 Å². The molecule has 0 aromatic heterocycles. The number of aromatic hydroxyl groups is 4. The predicted molar refractivity (Wildman–Crippen MR) is 110 cm³/mol. The molecule has 0 radical (unpaired) electrons. The molecule has 0 unspecified atom stereocenters. The molecule has 0 aliphatic heterocycles. The lowest BCUT2D eigenvalue weighted by Gasteiger charge is -2.17. The molecule has 0 heterocycles. The van der Waals surface area contributed by atoms with Crippen LogP contribution < -0.4 is 5.32 Å². The fourth-order valence-corrected chi connectivity index (χ4v) is 2.59. The van der Waals surface area contributed by atoms with Gasteiger partial charge in [0.15, 0.2) is 28.8 Å². The zero-order chi connectivity index (χ0) is 22.1. The topological polar surface area (TPSA) is 136 Å². The highest BCUT2D eigenvalue weighted by Crippen LogP contribution is 2.26. The van der Waals surface area contributed by atoms with Gasteiger partial charge in [-0.2, -0.15) is 0 Å². The Labute approximate surface area is 174 Å². The minimum absolute atomic E-state index is 0.142. The van der Waals surface area contributed by atoms with Crippen molar-refractivity contribution in [2.24, 2.45) is 0 Å². The summed E-state index contributed by atoms with van der Waals surface area (Å²) in [5, 5.41) is 40.7. The number of phenolic OH excluding ortho intramolecular Hbond substituents is 4. The van der Waals surface area contributed by atoms with Crippen LogP contribution in [0.3, 0.4) is 0 Å². The van der Waals surface area contributed by atoms with E-state index in [4.69, 9.17) is 4.74 Å². The van der Waals surface area contributed by atoms with Gasteiger partial charge in [-0.25, -0.2) is 0 Å². The first-order valence-electron chi connectivity index (χ1n) is 9.44. The summed E-state index contributed by atoms with van der Waals surface area (Å²) in [5.41, 5.74) is 1.11. The lowest BCUT2D eigenvalue weighted by atomic mass is 10.0. The van der Waals surface area contributed by atoms with Crippen LogP contribution in [-0.4, -0.2) is 51.4 Å². The number of ketones is 1. The van der Waals surface area contributed by atoms with Crippen molar-refractivity contribution in [3.63, 3.8) is 0 Å². The fraction of sp³-hybridized carbons (Fsp3) is 0.273. The Balaban J connectivity index is 2.02. The van der Waals surface area contributed by atoms with Crippen LogP contribution in [0.2, 0.25) is 0 Å². The van der Waals surface area contributed by atoms with E-state index >= 15 is 0 Å². The van der Waals surface area contributed by atoms with Crippen LogP contribution in [0.4, 0.5) is 0 Å².